The molecular weight excluding hydrogens is 843 g/mol. The van der Waals surface area contributed by atoms with Crippen molar-refractivity contribution in [3.63, 3.8) is 0 Å². The number of furan rings is 1. The van der Waals surface area contributed by atoms with Gasteiger partial charge in [0.15, 0.2) is 11.6 Å². The second kappa shape index (κ2) is 15.6. The van der Waals surface area contributed by atoms with E-state index in [2.05, 4.69) is 221 Å². The molecule has 69 heavy (non-hydrogen) atoms. The molecular formula is C63H39N5O. The Morgan fingerprint density at radius 1 is 0.290 bits per heavy atom. The Balaban J connectivity index is 1.07. The summed E-state index contributed by atoms with van der Waals surface area (Å²) in [5.74, 6) is 1.60. The molecule has 4 aromatic heterocycles. The Morgan fingerprint density at radius 3 is 1.48 bits per heavy atom. The van der Waals surface area contributed by atoms with Gasteiger partial charge in [-0.3, -0.25) is 4.57 Å². The number of nitrogens with zero attached hydrogens (tertiary/aromatic N) is 5. The zero-order valence-corrected chi connectivity index (χ0v) is 37.2. The van der Waals surface area contributed by atoms with E-state index in [0.717, 1.165) is 105 Å². The van der Waals surface area contributed by atoms with Crippen LogP contribution >= 0.6 is 0 Å². The van der Waals surface area contributed by atoms with Crippen LogP contribution in [-0.2, 0) is 0 Å². The summed E-state index contributed by atoms with van der Waals surface area (Å²) >= 11 is 0. The topological polar surface area (TPSA) is 61.7 Å². The zero-order chi connectivity index (χ0) is 45.4. The van der Waals surface area contributed by atoms with Crippen LogP contribution in [0.4, 0.5) is 0 Å². The average molecular weight is 882 g/mol. The highest BCUT2D eigenvalue weighted by molar-refractivity contribution is 6.24. The highest BCUT2D eigenvalue weighted by Gasteiger charge is 2.25. The van der Waals surface area contributed by atoms with Crippen molar-refractivity contribution in [1.29, 1.82) is 0 Å². The zero-order valence-electron chi connectivity index (χ0n) is 37.2. The van der Waals surface area contributed by atoms with Gasteiger partial charge in [-0.1, -0.05) is 206 Å². The van der Waals surface area contributed by atoms with E-state index in [1.807, 2.05) is 24.3 Å². The number of hydrogen-bond donors (Lipinski definition) is 0. The van der Waals surface area contributed by atoms with Crippen LogP contribution < -0.4 is 0 Å². The van der Waals surface area contributed by atoms with E-state index in [-0.39, 0.29) is 0 Å². The van der Waals surface area contributed by atoms with Crippen LogP contribution in [-0.4, -0.2) is 24.1 Å². The molecule has 0 aliphatic heterocycles. The van der Waals surface area contributed by atoms with Gasteiger partial charge in [-0.15, -0.1) is 0 Å². The maximum absolute atomic E-state index is 6.97. The van der Waals surface area contributed by atoms with E-state index in [9.17, 15) is 0 Å². The quantitative estimate of drug-likeness (QED) is 0.160. The SMILES string of the molecule is c1ccc(-c2cccc(-c3ccccc3-n3c4ccccc4c4ccc5c6ccccc6n(-c6nc(-c7ccccc7)nc(-c7cccc8c7oc7c(-c9ccccc9)cccc78)n6)c5c43)c2)cc1. The molecule has 0 saturated carbocycles. The second-order valence-electron chi connectivity index (χ2n) is 17.5. The molecule has 0 N–H and O–H groups in total. The average Bonchev–Trinajstić information content (AvgIpc) is 4.10. The minimum atomic E-state index is 0.510. The van der Waals surface area contributed by atoms with Crippen molar-refractivity contribution in [2.75, 3.05) is 0 Å². The number of para-hydroxylation sites is 5. The fourth-order valence-corrected chi connectivity index (χ4v) is 10.5. The summed E-state index contributed by atoms with van der Waals surface area (Å²) in [5, 5.41) is 6.53. The fourth-order valence-electron chi connectivity index (χ4n) is 10.5. The Morgan fingerprint density at radius 2 is 0.768 bits per heavy atom. The van der Waals surface area contributed by atoms with Crippen LogP contribution in [0.2, 0.25) is 0 Å². The molecule has 0 fully saturated rings. The molecule has 14 aromatic rings. The van der Waals surface area contributed by atoms with Crippen molar-refractivity contribution in [1.82, 2.24) is 24.1 Å². The Bertz CT molecular complexity index is 4300. The molecule has 0 unspecified atom stereocenters. The number of aromatic nitrogens is 5. The molecule has 0 amide bonds. The van der Waals surface area contributed by atoms with Crippen LogP contribution in [0.25, 0.3) is 133 Å². The molecule has 0 spiro atoms. The van der Waals surface area contributed by atoms with Gasteiger partial charge in [-0.2, -0.15) is 9.97 Å². The third kappa shape index (κ3) is 6.16. The van der Waals surface area contributed by atoms with Gasteiger partial charge >= 0.3 is 0 Å². The smallest absolute Gasteiger partial charge is 0.238 e. The minimum absolute atomic E-state index is 0.510. The van der Waals surface area contributed by atoms with Crippen LogP contribution in [0.5, 0.6) is 0 Å². The Hall–Kier alpha value is -9.39. The predicted molar refractivity (Wildman–Crippen MR) is 283 cm³/mol. The summed E-state index contributed by atoms with van der Waals surface area (Å²) in [6, 6.07) is 83.3. The summed E-state index contributed by atoms with van der Waals surface area (Å²) in [7, 11) is 0. The predicted octanol–water partition coefficient (Wildman–Crippen LogP) is 16.3. The molecule has 322 valence electrons. The molecule has 10 aromatic carbocycles. The van der Waals surface area contributed by atoms with Gasteiger partial charge in [-0.05, 0) is 52.6 Å². The third-order valence-electron chi connectivity index (χ3n) is 13.6. The van der Waals surface area contributed by atoms with Crippen molar-refractivity contribution in [3.8, 4) is 67.8 Å². The first-order valence-electron chi connectivity index (χ1n) is 23.3. The van der Waals surface area contributed by atoms with Crippen molar-refractivity contribution in [3.05, 3.63) is 237 Å². The maximum atomic E-state index is 6.97. The molecule has 0 atom stereocenters. The largest absolute Gasteiger partial charge is 0.455 e. The van der Waals surface area contributed by atoms with Gasteiger partial charge in [0.25, 0.3) is 0 Å². The Labute approximate surface area is 396 Å². The van der Waals surface area contributed by atoms with Crippen molar-refractivity contribution >= 4 is 65.6 Å². The van der Waals surface area contributed by atoms with E-state index in [4.69, 9.17) is 19.4 Å². The van der Waals surface area contributed by atoms with Gasteiger partial charge in [0.05, 0.1) is 33.3 Å². The number of fused-ring (bicyclic) bond motifs is 10. The molecule has 0 bridgehead atoms. The van der Waals surface area contributed by atoms with E-state index < -0.39 is 0 Å². The fraction of sp³-hybridized carbons (Fsp3) is 0. The lowest BCUT2D eigenvalue weighted by Crippen LogP contribution is -2.07. The van der Waals surface area contributed by atoms with Gasteiger partial charge in [0.2, 0.25) is 5.95 Å². The van der Waals surface area contributed by atoms with Crippen molar-refractivity contribution in [2.24, 2.45) is 0 Å². The summed E-state index contributed by atoms with van der Waals surface area (Å²) in [6.07, 6.45) is 0. The summed E-state index contributed by atoms with van der Waals surface area (Å²) < 4.78 is 11.7. The first kappa shape index (κ1) is 38.8. The number of hydrogen-bond acceptors (Lipinski definition) is 4. The van der Waals surface area contributed by atoms with E-state index in [1.54, 1.807) is 0 Å². The van der Waals surface area contributed by atoms with E-state index >= 15 is 0 Å². The van der Waals surface area contributed by atoms with Gasteiger partial charge < -0.3 is 8.98 Å². The highest BCUT2D eigenvalue weighted by atomic mass is 16.3. The van der Waals surface area contributed by atoms with Crippen LogP contribution in [0.15, 0.2) is 241 Å². The molecule has 14 rings (SSSR count). The first-order valence-corrected chi connectivity index (χ1v) is 23.3. The third-order valence-corrected chi connectivity index (χ3v) is 13.6. The number of benzene rings is 10. The van der Waals surface area contributed by atoms with Crippen molar-refractivity contribution < 1.29 is 4.42 Å². The van der Waals surface area contributed by atoms with Crippen molar-refractivity contribution in [2.45, 2.75) is 0 Å². The monoisotopic (exact) mass is 881 g/mol. The summed E-state index contributed by atoms with van der Waals surface area (Å²) in [6.45, 7) is 0. The molecule has 4 heterocycles. The minimum Gasteiger partial charge on any atom is -0.455 e. The molecule has 0 saturated heterocycles. The van der Waals surface area contributed by atoms with Crippen LogP contribution in [0.3, 0.4) is 0 Å². The van der Waals surface area contributed by atoms with E-state index in [0.29, 0.717) is 17.6 Å². The van der Waals surface area contributed by atoms with Crippen LogP contribution in [0.1, 0.15) is 0 Å². The second-order valence-corrected chi connectivity index (χ2v) is 17.5. The molecule has 6 heteroatoms. The maximum Gasteiger partial charge on any atom is 0.238 e. The van der Waals surface area contributed by atoms with Crippen LogP contribution in [0, 0.1) is 0 Å². The highest BCUT2D eigenvalue weighted by Crippen LogP contribution is 2.44. The Kier molecular flexibility index (Phi) is 8.79. The summed E-state index contributed by atoms with van der Waals surface area (Å²) in [4.78, 5) is 16.2. The lowest BCUT2D eigenvalue weighted by molar-refractivity contribution is 0.670. The van der Waals surface area contributed by atoms with Gasteiger partial charge in [0, 0.05) is 49.0 Å². The first-order chi connectivity index (χ1) is 34.2. The lowest BCUT2D eigenvalue weighted by Gasteiger charge is -2.16. The normalized spacial score (nSPS) is 11.8. The van der Waals surface area contributed by atoms with Gasteiger partial charge in [-0.25, -0.2) is 4.98 Å². The molecule has 0 aliphatic carbocycles. The van der Waals surface area contributed by atoms with Gasteiger partial charge in [0.1, 0.15) is 11.2 Å². The molecule has 6 nitrogen and oxygen atoms in total. The lowest BCUT2D eigenvalue weighted by atomic mass is 9.98. The molecule has 0 radical (unpaired) electrons. The molecule has 0 aliphatic rings. The number of rotatable bonds is 7. The standard InChI is InChI=1S/C63H39N5O/c1-4-19-40(20-5-1)43-25-16-26-44(39-43)45-27-10-13-34-54(45)67-55-35-14-11-28-47(55)49-37-38-50-48-29-12-15-36-56(48)68(58(50)57(49)67)63-65-61(42-23-8-3-9-24-42)64-62(66-63)53-33-18-32-52-51-31-17-30-46(59(51)69-60(52)53)41-21-6-2-7-22-41/h1-39H. The van der Waals surface area contributed by atoms with E-state index in [1.165, 1.54) is 11.1 Å². The summed E-state index contributed by atoms with van der Waals surface area (Å²) in [5.41, 5.74) is 15.2.